The van der Waals surface area contributed by atoms with Crippen molar-refractivity contribution in [2.45, 2.75) is 44.4 Å². The average molecular weight is 217 g/mol. The molecular weight excluding hydrogens is 198 g/mol. The minimum absolute atomic E-state index is 0.220. The van der Waals surface area contributed by atoms with Crippen molar-refractivity contribution in [1.82, 2.24) is 4.31 Å². The van der Waals surface area contributed by atoms with Gasteiger partial charge in [-0.25, -0.2) is 8.42 Å². The van der Waals surface area contributed by atoms with Gasteiger partial charge in [0.1, 0.15) is 0 Å². The zero-order valence-corrected chi connectivity index (χ0v) is 9.97. The standard InChI is InChI=1S/C10H19NO2S/c1-5-6-7-9-8-11(9)14(12,13)10(2,3)4/h5,9H,1,6-8H2,2-4H3/t9-,11?/m1/s1. The van der Waals surface area contributed by atoms with E-state index in [0.29, 0.717) is 6.54 Å². The highest BCUT2D eigenvalue weighted by molar-refractivity contribution is 7.90. The maximum absolute atomic E-state index is 11.9. The Labute approximate surface area is 86.8 Å². The Balaban J connectivity index is 2.59. The molecule has 2 atom stereocenters. The van der Waals surface area contributed by atoms with Crippen LogP contribution < -0.4 is 0 Å². The van der Waals surface area contributed by atoms with Gasteiger partial charge in [0.15, 0.2) is 0 Å². The van der Waals surface area contributed by atoms with Crippen molar-refractivity contribution in [1.29, 1.82) is 0 Å². The van der Waals surface area contributed by atoms with Gasteiger partial charge in [0.25, 0.3) is 0 Å². The summed E-state index contributed by atoms with van der Waals surface area (Å²) in [7, 11) is -3.08. The fourth-order valence-corrected chi connectivity index (χ4v) is 2.92. The van der Waals surface area contributed by atoms with Crippen LogP contribution in [0.2, 0.25) is 0 Å². The minimum Gasteiger partial charge on any atom is -0.212 e. The summed E-state index contributed by atoms with van der Waals surface area (Å²) < 4.78 is 24.7. The molecule has 0 aromatic carbocycles. The number of allylic oxidation sites excluding steroid dienone is 1. The van der Waals surface area contributed by atoms with Gasteiger partial charge in [0, 0.05) is 12.6 Å². The molecule has 14 heavy (non-hydrogen) atoms. The van der Waals surface area contributed by atoms with E-state index < -0.39 is 14.8 Å². The van der Waals surface area contributed by atoms with Crippen molar-refractivity contribution in [2.24, 2.45) is 0 Å². The molecule has 0 bridgehead atoms. The van der Waals surface area contributed by atoms with Gasteiger partial charge >= 0.3 is 0 Å². The topological polar surface area (TPSA) is 37.1 Å². The molecule has 0 N–H and O–H groups in total. The summed E-state index contributed by atoms with van der Waals surface area (Å²) in [6, 6.07) is 0.220. The molecule has 0 amide bonds. The lowest BCUT2D eigenvalue weighted by Gasteiger charge is -2.20. The number of sulfonamides is 1. The molecule has 4 heteroatoms. The van der Waals surface area contributed by atoms with Crippen LogP contribution in [0.4, 0.5) is 0 Å². The molecule has 0 spiro atoms. The van der Waals surface area contributed by atoms with Crippen LogP contribution in [0.1, 0.15) is 33.6 Å². The van der Waals surface area contributed by atoms with Crippen molar-refractivity contribution >= 4 is 10.0 Å². The third kappa shape index (κ3) is 2.17. The summed E-state index contributed by atoms with van der Waals surface area (Å²) in [6.07, 6.45) is 3.62. The first kappa shape index (κ1) is 11.7. The van der Waals surface area contributed by atoms with Crippen LogP contribution in [-0.2, 0) is 10.0 Å². The maximum atomic E-state index is 11.9. The lowest BCUT2D eigenvalue weighted by atomic mass is 10.2. The van der Waals surface area contributed by atoms with Crippen molar-refractivity contribution in [3.8, 4) is 0 Å². The molecule has 0 radical (unpaired) electrons. The van der Waals surface area contributed by atoms with Crippen LogP contribution in [0.5, 0.6) is 0 Å². The van der Waals surface area contributed by atoms with E-state index >= 15 is 0 Å². The molecule has 0 aromatic heterocycles. The summed E-state index contributed by atoms with van der Waals surface area (Å²) in [5, 5.41) is 0. The van der Waals surface area contributed by atoms with E-state index in [0.717, 1.165) is 12.8 Å². The van der Waals surface area contributed by atoms with Gasteiger partial charge in [-0.15, -0.1) is 6.58 Å². The van der Waals surface area contributed by atoms with Crippen LogP contribution in [0.15, 0.2) is 12.7 Å². The predicted octanol–water partition coefficient (Wildman–Crippen LogP) is 1.77. The molecule has 1 unspecified atom stereocenters. The normalized spacial score (nSPS) is 27.4. The first-order chi connectivity index (χ1) is 6.30. The molecular formula is C10H19NO2S. The molecule has 0 saturated carbocycles. The largest absolute Gasteiger partial charge is 0.219 e. The van der Waals surface area contributed by atoms with E-state index in [9.17, 15) is 8.42 Å². The molecule has 1 aliphatic heterocycles. The SMILES string of the molecule is C=CCC[C@@H]1CN1S(=O)(=O)C(C)(C)C. The number of nitrogens with zero attached hydrogens (tertiary/aromatic N) is 1. The van der Waals surface area contributed by atoms with Crippen LogP contribution in [0.3, 0.4) is 0 Å². The predicted molar refractivity (Wildman–Crippen MR) is 58.6 cm³/mol. The Kier molecular flexibility index (Phi) is 3.07. The molecule has 1 saturated heterocycles. The third-order valence-corrected chi connectivity index (χ3v) is 5.06. The van der Waals surface area contributed by atoms with Gasteiger partial charge in [-0.1, -0.05) is 6.08 Å². The van der Waals surface area contributed by atoms with Crippen LogP contribution >= 0.6 is 0 Å². The van der Waals surface area contributed by atoms with Crippen molar-refractivity contribution in [3.63, 3.8) is 0 Å². The second kappa shape index (κ2) is 3.66. The molecule has 0 aliphatic carbocycles. The molecule has 1 aliphatic rings. The molecule has 1 rings (SSSR count). The second-order valence-electron chi connectivity index (χ2n) is 4.71. The summed E-state index contributed by atoms with van der Waals surface area (Å²) >= 11 is 0. The maximum Gasteiger partial charge on any atom is 0.219 e. The Hall–Kier alpha value is -0.350. The highest BCUT2D eigenvalue weighted by atomic mass is 32.2. The van der Waals surface area contributed by atoms with Gasteiger partial charge in [-0.2, -0.15) is 4.31 Å². The van der Waals surface area contributed by atoms with Crippen molar-refractivity contribution < 1.29 is 8.42 Å². The number of hydrogen-bond acceptors (Lipinski definition) is 2. The highest BCUT2D eigenvalue weighted by Gasteiger charge is 2.48. The van der Waals surface area contributed by atoms with E-state index in [-0.39, 0.29) is 6.04 Å². The lowest BCUT2D eigenvalue weighted by molar-refractivity contribution is 0.512. The van der Waals surface area contributed by atoms with E-state index in [1.54, 1.807) is 25.1 Å². The van der Waals surface area contributed by atoms with Crippen molar-refractivity contribution in [2.75, 3.05) is 6.54 Å². The Bertz CT molecular complexity index is 314. The first-order valence-corrected chi connectivity index (χ1v) is 6.37. The van der Waals surface area contributed by atoms with Gasteiger partial charge < -0.3 is 0 Å². The Morgan fingerprint density at radius 2 is 2.07 bits per heavy atom. The lowest BCUT2D eigenvalue weighted by Crippen LogP contribution is -2.34. The summed E-state index contributed by atoms with van der Waals surface area (Å²) in [4.78, 5) is 0. The van der Waals surface area contributed by atoms with Gasteiger partial charge in [0.2, 0.25) is 10.0 Å². The summed E-state index contributed by atoms with van der Waals surface area (Å²) in [5.41, 5.74) is 0. The fourth-order valence-electron chi connectivity index (χ4n) is 1.35. The zero-order valence-electron chi connectivity index (χ0n) is 9.16. The molecule has 1 fully saturated rings. The van der Waals surface area contributed by atoms with E-state index in [1.165, 1.54) is 0 Å². The van der Waals surface area contributed by atoms with E-state index in [1.807, 2.05) is 6.08 Å². The van der Waals surface area contributed by atoms with E-state index in [4.69, 9.17) is 0 Å². The van der Waals surface area contributed by atoms with Crippen LogP contribution in [0, 0.1) is 0 Å². The Morgan fingerprint density at radius 1 is 1.50 bits per heavy atom. The zero-order chi connectivity index (χ0) is 11.0. The number of rotatable bonds is 4. The van der Waals surface area contributed by atoms with Gasteiger partial charge in [0.05, 0.1) is 4.75 Å². The van der Waals surface area contributed by atoms with E-state index in [2.05, 4.69) is 6.58 Å². The highest BCUT2D eigenvalue weighted by Crippen LogP contribution is 2.33. The third-order valence-electron chi connectivity index (χ3n) is 2.45. The summed E-state index contributed by atoms with van der Waals surface area (Å²) in [5.74, 6) is 0. The molecule has 3 nitrogen and oxygen atoms in total. The number of hydrogen-bond donors (Lipinski definition) is 0. The second-order valence-corrected chi connectivity index (χ2v) is 7.35. The smallest absolute Gasteiger partial charge is 0.212 e. The average Bonchev–Trinajstić information content (AvgIpc) is 2.77. The minimum atomic E-state index is -3.08. The molecule has 82 valence electrons. The first-order valence-electron chi connectivity index (χ1n) is 4.93. The van der Waals surface area contributed by atoms with Crippen LogP contribution in [-0.4, -0.2) is 30.1 Å². The molecule has 1 heterocycles. The van der Waals surface area contributed by atoms with Gasteiger partial charge in [-0.3, -0.25) is 0 Å². The summed E-state index contributed by atoms with van der Waals surface area (Å²) in [6.45, 7) is 9.54. The molecule has 0 aromatic rings. The Morgan fingerprint density at radius 3 is 2.50 bits per heavy atom. The fraction of sp³-hybridized carbons (Fsp3) is 0.800. The quantitative estimate of drug-likeness (QED) is 0.531. The van der Waals surface area contributed by atoms with Crippen molar-refractivity contribution in [3.05, 3.63) is 12.7 Å². The monoisotopic (exact) mass is 217 g/mol. The van der Waals surface area contributed by atoms with Gasteiger partial charge in [-0.05, 0) is 33.6 Å². The van der Waals surface area contributed by atoms with Crippen LogP contribution in [0.25, 0.3) is 0 Å².